The Balaban J connectivity index is 2.38. The molecule has 0 heterocycles. The summed E-state index contributed by atoms with van der Waals surface area (Å²) >= 11 is 0. The van der Waals surface area contributed by atoms with Gasteiger partial charge in [-0.2, -0.15) is 8.78 Å². The van der Waals surface area contributed by atoms with Crippen molar-refractivity contribution in [2.45, 2.75) is 29.5 Å². The van der Waals surface area contributed by atoms with E-state index in [0.717, 1.165) is 12.1 Å². The van der Waals surface area contributed by atoms with Gasteiger partial charge in [-0.05, 0) is 25.0 Å². The van der Waals surface area contributed by atoms with Crippen molar-refractivity contribution < 1.29 is 22.1 Å². The van der Waals surface area contributed by atoms with Crippen LogP contribution in [0.25, 0.3) is 0 Å². The van der Waals surface area contributed by atoms with E-state index in [2.05, 4.69) is 5.32 Å². The van der Waals surface area contributed by atoms with Crippen LogP contribution in [0.1, 0.15) is 12.8 Å². The highest BCUT2D eigenvalue weighted by molar-refractivity contribution is 7.91. The van der Waals surface area contributed by atoms with Gasteiger partial charge in [0.1, 0.15) is 5.69 Å². The molecular weight excluding hydrogens is 306 g/mol. The maximum atomic E-state index is 12.5. The number of nitro benzene ring substituents is 1. The fourth-order valence-corrected chi connectivity index (χ4v) is 2.76. The zero-order valence-electron chi connectivity index (χ0n) is 10.7. The van der Waals surface area contributed by atoms with Crippen LogP contribution in [-0.4, -0.2) is 25.1 Å². The monoisotopic (exact) mass is 318 g/mol. The minimum absolute atomic E-state index is 0.0266. The quantitative estimate of drug-likeness (QED) is 0.512. The molecule has 0 spiro atoms. The normalized spacial score (nSPS) is 15.6. The lowest BCUT2D eigenvalue weighted by Gasteiger charge is -2.14. The lowest BCUT2D eigenvalue weighted by molar-refractivity contribution is -0.384. The summed E-state index contributed by atoms with van der Waals surface area (Å²) in [5.74, 6) is -3.62. The van der Waals surface area contributed by atoms with Crippen molar-refractivity contribution in [3.05, 3.63) is 40.5 Å². The number of sulfone groups is 1. The second kappa shape index (κ2) is 5.76. The molecule has 9 heteroatoms. The van der Waals surface area contributed by atoms with E-state index in [-0.39, 0.29) is 11.7 Å². The van der Waals surface area contributed by atoms with E-state index in [1.54, 1.807) is 0 Å². The van der Waals surface area contributed by atoms with Crippen molar-refractivity contribution in [1.82, 2.24) is 0 Å². The number of nitro groups is 1. The Hall–Kier alpha value is -2.03. The van der Waals surface area contributed by atoms with E-state index in [0.29, 0.717) is 18.9 Å². The lowest BCUT2D eigenvalue weighted by Crippen LogP contribution is -2.17. The minimum Gasteiger partial charge on any atom is -0.376 e. The number of nitrogens with zero attached hydrogens (tertiary/aromatic N) is 1. The van der Waals surface area contributed by atoms with Gasteiger partial charge in [-0.3, -0.25) is 10.1 Å². The molecule has 6 nitrogen and oxygen atoms in total. The molecular formula is C12H12F2N2O4S. The summed E-state index contributed by atoms with van der Waals surface area (Å²) in [6.07, 6.45) is 5.21. The first-order valence-electron chi connectivity index (χ1n) is 6.04. The molecule has 114 valence electrons. The third-order valence-corrected chi connectivity index (χ3v) is 4.48. The summed E-state index contributed by atoms with van der Waals surface area (Å²) in [5.41, 5.74) is -0.425. The molecule has 0 radical (unpaired) electrons. The van der Waals surface area contributed by atoms with E-state index in [4.69, 9.17) is 0 Å². The van der Waals surface area contributed by atoms with Crippen LogP contribution in [0.2, 0.25) is 0 Å². The van der Waals surface area contributed by atoms with Crippen molar-refractivity contribution >= 4 is 21.2 Å². The van der Waals surface area contributed by atoms with Crippen molar-refractivity contribution in [3.63, 3.8) is 0 Å². The van der Waals surface area contributed by atoms with Crippen LogP contribution >= 0.6 is 0 Å². The smallest absolute Gasteiger partial charge is 0.341 e. The van der Waals surface area contributed by atoms with Crippen LogP contribution in [0.5, 0.6) is 0 Å². The maximum absolute atomic E-state index is 12.5. The molecule has 21 heavy (non-hydrogen) atoms. The molecule has 1 aromatic rings. The molecule has 0 atom stereocenters. The van der Waals surface area contributed by atoms with Gasteiger partial charge in [0.2, 0.25) is 9.84 Å². The van der Waals surface area contributed by atoms with E-state index < -0.39 is 31.1 Å². The third-order valence-electron chi connectivity index (χ3n) is 3.10. The van der Waals surface area contributed by atoms with Gasteiger partial charge in [-0.1, -0.05) is 12.2 Å². The zero-order chi connectivity index (χ0) is 15.6. The first-order valence-corrected chi connectivity index (χ1v) is 7.59. The van der Waals surface area contributed by atoms with E-state index in [1.807, 2.05) is 12.2 Å². The average Bonchev–Trinajstić information content (AvgIpc) is 2.91. The van der Waals surface area contributed by atoms with E-state index >= 15 is 0 Å². The highest BCUT2D eigenvalue weighted by atomic mass is 32.2. The SMILES string of the molecule is O=[N+]([O-])c1cc(S(=O)(=O)C(F)F)ccc1NC1CC=CC1. The van der Waals surface area contributed by atoms with Gasteiger partial charge in [-0.15, -0.1) is 0 Å². The molecule has 1 N–H and O–H groups in total. The van der Waals surface area contributed by atoms with Gasteiger partial charge in [0, 0.05) is 12.1 Å². The molecule has 0 fully saturated rings. The van der Waals surface area contributed by atoms with Crippen molar-refractivity contribution in [1.29, 1.82) is 0 Å². The standard InChI is InChI=1S/C12H12F2N2O4S/c13-12(14)21(19,20)9-5-6-10(11(7-9)16(17)18)15-8-3-1-2-4-8/h1-2,5-8,12,15H,3-4H2. The topological polar surface area (TPSA) is 89.3 Å². The molecule has 0 unspecified atom stereocenters. The van der Waals surface area contributed by atoms with Gasteiger partial charge >= 0.3 is 5.76 Å². The number of anilines is 1. The number of hydrogen-bond donors (Lipinski definition) is 1. The molecule has 0 aliphatic heterocycles. The fourth-order valence-electron chi connectivity index (χ4n) is 2.02. The van der Waals surface area contributed by atoms with E-state index in [1.165, 1.54) is 0 Å². The van der Waals surface area contributed by atoms with Gasteiger partial charge in [0.25, 0.3) is 5.69 Å². The Morgan fingerprint density at radius 1 is 1.29 bits per heavy atom. The molecule has 1 aliphatic carbocycles. The third kappa shape index (κ3) is 3.18. The number of nitrogens with one attached hydrogen (secondary N) is 1. The average molecular weight is 318 g/mol. The Morgan fingerprint density at radius 3 is 2.43 bits per heavy atom. The Kier molecular flexibility index (Phi) is 4.21. The van der Waals surface area contributed by atoms with Gasteiger partial charge in [-0.25, -0.2) is 8.42 Å². The molecule has 0 bridgehead atoms. The second-order valence-electron chi connectivity index (χ2n) is 4.53. The summed E-state index contributed by atoms with van der Waals surface area (Å²) in [6.45, 7) is 0. The van der Waals surface area contributed by atoms with Gasteiger partial charge in [0.05, 0.1) is 9.82 Å². The summed E-state index contributed by atoms with van der Waals surface area (Å²) in [6, 6.07) is 2.72. The largest absolute Gasteiger partial charge is 0.376 e. The maximum Gasteiger partial charge on any atom is 0.341 e. The van der Waals surface area contributed by atoms with Crippen molar-refractivity contribution in [3.8, 4) is 0 Å². The Bertz CT molecular complexity index is 680. The van der Waals surface area contributed by atoms with Crippen molar-refractivity contribution in [2.24, 2.45) is 0 Å². The summed E-state index contributed by atoms with van der Waals surface area (Å²) in [4.78, 5) is 9.45. The lowest BCUT2D eigenvalue weighted by atomic mass is 10.2. The second-order valence-corrected chi connectivity index (χ2v) is 6.44. The van der Waals surface area contributed by atoms with Crippen LogP contribution in [0, 0.1) is 10.1 Å². The van der Waals surface area contributed by atoms with E-state index in [9.17, 15) is 27.3 Å². The first-order chi connectivity index (χ1) is 9.82. The molecule has 0 amide bonds. The fraction of sp³-hybridized carbons (Fsp3) is 0.333. The van der Waals surface area contributed by atoms with Crippen LogP contribution in [-0.2, 0) is 9.84 Å². The molecule has 0 saturated carbocycles. The van der Waals surface area contributed by atoms with Crippen LogP contribution in [0.3, 0.4) is 0 Å². The highest BCUT2D eigenvalue weighted by Gasteiger charge is 2.29. The summed E-state index contributed by atoms with van der Waals surface area (Å²) < 4.78 is 47.7. The number of benzene rings is 1. The van der Waals surface area contributed by atoms with Gasteiger partial charge in [0.15, 0.2) is 0 Å². The molecule has 0 aromatic heterocycles. The van der Waals surface area contributed by atoms with Gasteiger partial charge < -0.3 is 5.32 Å². The molecule has 1 aliphatic rings. The highest BCUT2D eigenvalue weighted by Crippen LogP contribution is 2.31. The summed E-state index contributed by atoms with van der Waals surface area (Å²) in [7, 11) is -4.85. The first kappa shape index (κ1) is 15.4. The minimum atomic E-state index is -4.85. The van der Waals surface area contributed by atoms with Crippen molar-refractivity contribution in [2.75, 3.05) is 5.32 Å². The summed E-state index contributed by atoms with van der Waals surface area (Å²) in [5, 5.41) is 13.9. The number of alkyl halides is 2. The van der Waals surface area contributed by atoms with Crippen LogP contribution in [0.4, 0.5) is 20.2 Å². The predicted octanol–water partition coefficient (Wildman–Crippen LogP) is 2.72. The predicted molar refractivity (Wildman–Crippen MR) is 72.1 cm³/mol. The number of rotatable bonds is 5. The Labute approximate surface area is 119 Å². The molecule has 1 aromatic carbocycles. The van der Waals surface area contributed by atoms with Crippen LogP contribution in [0.15, 0.2) is 35.2 Å². The Morgan fingerprint density at radius 2 is 1.90 bits per heavy atom. The number of hydrogen-bond acceptors (Lipinski definition) is 5. The molecule has 2 rings (SSSR count). The van der Waals surface area contributed by atoms with Crippen LogP contribution < -0.4 is 5.32 Å². The zero-order valence-corrected chi connectivity index (χ0v) is 11.5. The number of halogens is 2. The molecule has 0 saturated heterocycles.